The van der Waals surface area contributed by atoms with Crippen molar-refractivity contribution in [3.05, 3.63) is 58.4 Å². The van der Waals surface area contributed by atoms with Crippen molar-refractivity contribution >= 4 is 11.9 Å². The molecule has 194 valence electrons. The minimum atomic E-state index is -0.529. The molecule has 5 heteroatoms. The number of amides is 1. The lowest BCUT2D eigenvalue weighted by atomic mass is 10.0. The van der Waals surface area contributed by atoms with Gasteiger partial charge in [-0.3, -0.25) is 4.79 Å². The fraction of sp³-hybridized carbons (Fsp3) is 0.600. The van der Waals surface area contributed by atoms with Gasteiger partial charge < -0.3 is 14.7 Å². The van der Waals surface area contributed by atoms with Crippen molar-refractivity contribution in [2.75, 3.05) is 13.1 Å². The Morgan fingerprint density at radius 1 is 1.20 bits per heavy atom. The SMILES string of the molecule is CC(=CC=CC(C)CCC=C(C)CC1OC(=O)C(C)=C1O)CCCC1=CC(=O)N(CCC(C)C)C1. The lowest BCUT2D eigenvalue weighted by molar-refractivity contribution is -0.140. The maximum Gasteiger partial charge on any atom is 0.338 e. The largest absolute Gasteiger partial charge is 0.508 e. The summed E-state index contributed by atoms with van der Waals surface area (Å²) in [5, 5.41) is 9.97. The molecular weight excluding hydrogens is 438 g/mol. The van der Waals surface area contributed by atoms with Gasteiger partial charge in [0.25, 0.3) is 0 Å². The molecule has 0 radical (unpaired) electrons. The topological polar surface area (TPSA) is 66.8 Å². The molecule has 0 aliphatic carbocycles. The van der Waals surface area contributed by atoms with Gasteiger partial charge in [0, 0.05) is 25.6 Å². The highest BCUT2D eigenvalue weighted by molar-refractivity contribution is 5.91. The average molecular weight is 484 g/mol. The van der Waals surface area contributed by atoms with E-state index in [9.17, 15) is 14.7 Å². The first-order valence-corrected chi connectivity index (χ1v) is 13.2. The van der Waals surface area contributed by atoms with Crippen molar-refractivity contribution in [2.24, 2.45) is 11.8 Å². The molecule has 35 heavy (non-hydrogen) atoms. The average Bonchev–Trinajstić information content (AvgIpc) is 3.25. The van der Waals surface area contributed by atoms with Crippen LogP contribution in [0, 0.1) is 11.8 Å². The molecule has 2 unspecified atom stereocenters. The van der Waals surface area contributed by atoms with Gasteiger partial charge in [-0.05, 0) is 76.7 Å². The lowest BCUT2D eigenvalue weighted by Gasteiger charge is -2.17. The molecule has 2 aliphatic rings. The Hall–Kier alpha value is -2.56. The molecule has 1 N–H and O–H groups in total. The normalized spacial score (nSPS) is 20.5. The van der Waals surface area contributed by atoms with E-state index in [-0.39, 0.29) is 11.7 Å². The number of nitrogens with zero attached hydrogens (tertiary/aromatic N) is 1. The van der Waals surface area contributed by atoms with Gasteiger partial charge >= 0.3 is 5.97 Å². The van der Waals surface area contributed by atoms with Crippen molar-refractivity contribution in [1.29, 1.82) is 0 Å². The molecular formula is C30H45NO4. The van der Waals surface area contributed by atoms with Crippen LogP contribution < -0.4 is 0 Å². The van der Waals surface area contributed by atoms with E-state index in [0.717, 1.165) is 57.2 Å². The van der Waals surface area contributed by atoms with Gasteiger partial charge in [0.05, 0.1) is 5.57 Å². The second kappa shape index (κ2) is 14.1. The van der Waals surface area contributed by atoms with Crippen molar-refractivity contribution in [1.82, 2.24) is 4.90 Å². The van der Waals surface area contributed by atoms with Crippen LogP contribution in [0.5, 0.6) is 0 Å². The molecule has 5 nitrogen and oxygen atoms in total. The molecule has 0 saturated heterocycles. The molecule has 0 aromatic heterocycles. The summed E-state index contributed by atoms with van der Waals surface area (Å²) < 4.78 is 5.20. The van der Waals surface area contributed by atoms with E-state index >= 15 is 0 Å². The third-order valence-corrected chi connectivity index (χ3v) is 6.77. The quantitative estimate of drug-likeness (QED) is 0.164. The van der Waals surface area contributed by atoms with Gasteiger partial charge in [-0.2, -0.15) is 0 Å². The number of ether oxygens (including phenoxy) is 1. The summed E-state index contributed by atoms with van der Waals surface area (Å²) in [7, 11) is 0. The Labute approximate surface area is 212 Å². The zero-order valence-electron chi connectivity index (χ0n) is 22.6. The zero-order chi connectivity index (χ0) is 26.0. The van der Waals surface area contributed by atoms with E-state index in [1.807, 2.05) is 17.9 Å². The van der Waals surface area contributed by atoms with Crippen LogP contribution >= 0.6 is 0 Å². The summed E-state index contributed by atoms with van der Waals surface area (Å²) in [6.45, 7) is 14.1. The van der Waals surface area contributed by atoms with Crippen LogP contribution in [0.4, 0.5) is 0 Å². The molecule has 0 fully saturated rings. The molecule has 0 bridgehead atoms. The molecule has 1 amide bonds. The fourth-order valence-electron chi connectivity index (χ4n) is 4.30. The summed E-state index contributed by atoms with van der Waals surface area (Å²) in [6, 6.07) is 0. The van der Waals surface area contributed by atoms with E-state index < -0.39 is 12.1 Å². The third-order valence-electron chi connectivity index (χ3n) is 6.77. The van der Waals surface area contributed by atoms with E-state index in [1.54, 1.807) is 6.92 Å². The predicted octanol–water partition coefficient (Wildman–Crippen LogP) is 6.98. The van der Waals surface area contributed by atoms with Gasteiger partial charge in [-0.25, -0.2) is 4.79 Å². The van der Waals surface area contributed by atoms with Crippen LogP contribution in [0.1, 0.15) is 86.5 Å². The maximum absolute atomic E-state index is 12.1. The predicted molar refractivity (Wildman–Crippen MR) is 143 cm³/mol. The van der Waals surface area contributed by atoms with Crippen LogP contribution in [-0.4, -0.2) is 41.1 Å². The number of carbonyl (C=O) groups is 2. The molecule has 2 aliphatic heterocycles. The number of cyclic esters (lactones) is 1. The Kier molecular flexibility index (Phi) is 11.6. The molecule has 2 rings (SSSR count). The first-order valence-electron chi connectivity index (χ1n) is 13.2. The first-order chi connectivity index (χ1) is 16.6. The lowest BCUT2D eigenvalue weighted by Crippen LogP contribution is -2.27. The molecule has 2 heterocycles. The van der Waals surface area contributed by atoms with E-state index in [0.29, 0.717) is 23.8 Å². The number of allylic oxidation sites excluding steroid dienone is 5. The smallest absolute Gasteiger partial charge is 0.338 e. The highest BCUT2D eigenvalue weighted by Gasteiger charge is 2.31. The van der Waals surface area contributed by atoms with E-state index in [4.69, 9.17) is 4.74 Å². The number of aliphatic hydroxyl groups excluding tert-OH is 1. The number of rotatable bonds is 14. The monoisotopic (exact) mass is 483 g/mol. The Morgan fingerprint density at radius 2 is 1.94 bits per heavy atom. The standard InChI is InChI=1S/C30H45NO4/c1-21(2)16-17-31-20-26(19-28(31)32)15-9-13-23(4)11-7-10-22(3)12-8-14-24(5)18-27-29(33)25(6)30(34)35-27/h7,10-11,14,19,21-22,27,33H,8-9,12-13,15-18,20H2,1-6H3. The Morgan fingerprint density at radius 3 is 2.60 bits per heavy atom. The second-order valence-electron chi connectivity index (χ2n) is 10.7. The molecule has 0 aromatic rings. The minimum absolute atomic E-state index is 0.0678. The maximum atomic E-state index is 12.1. The fourth-order valence-corrected chi connectivity index (χ4v) is 4.30. The summed E-state index contributed by atoms with van der Waals surface area (Å²) >= 11 is 0. The third kappa shape index (κ3) is 9.91. The van der Waals surface area contributed by atoms with Crippen LogP contribution in [0.2, 0.25) is 0 Å². The highest BCUT2D eigenvalue weighted by Crippen LogP contribution is 2.25. The number of aliphatic hydroxyl groups is 1. The van der Waals surface area contributed by atoms with Crippen LogP contribution in [0.3, 0.4) is 0 Å². The minimum Gasteiger partial charge on any atom is -0.508 e. The van der Waals surface area contributed by atoms with Crippen LogP contribution in [0.25, 0.3) is 0 Å². The molecule has 2 atom stereocenters. The summed E-state index contributed by atoms with van der Waals surface area (Å²) in [4.78, 5) is 25.6. The number of esters is 1. The Balaban J connectivity index is 1.64. The van der Waals surface area contributed by atoms with Crippen molar-refractivity contribution in [3.63, 3.8) is 0 Å². The number of hydrogen-bond donors (Lipinski definition) is 1. The van der Waals surface area contributed by atoms with Gasteiger partial charge in [0.15, 0.2) is 6.10 Å². The highest BCUT2D eigenvalue weighted by atomic mass is 16.6. The van der Waals surface area contributed by atoms with Gasteiger partial charge in [0.2, 0.25) is 5.91 Å². The zero-order valence-corrected chi connectivity index (χ0v) is 22.6. The first kappa shape index (κ1) is 28.7. The van der Waals surface area contributed by atoms with Crippen molar-refractivity contribution in [3.8, 4) is 0 Å². The number of carbonyl (C=O) groups excluding carboxylic acids is 2. The molecule has 0 aromatic carbocycles. The molecule has 0 spiro atoms. The Bertz CT molecular complexity index is 903. The summed E-state index contributed by atoms with van der Waals surface area (Å²) in [6.07, 6.45) is 16.8. The van der Waals surface area contributed by atoms with Crippen molar-refractivity contribution in [2.45, 2.75) is 92.6 Å². The van der Waals surface area contributed by atoms with Gasteiger partial charge in [0.1, 0.15) is 5.76 Å². The van der Waals surface area contributed by atoms with E-state index in [1.165, 1.54) is 11.1 Å². The van der Waals surface area contributed by atoms with E-state index in [2.05, 4.69) is 52.0 Å². The summed E-state index contributed by atoms with van der Waals surface area (Å²) in [5.74, 6) is 0.921. The summed E-state index contributed by atoms with van der Waals surface area (Å²) in [5.41, 5.74) is 4.07. The second-order valence-corrected chi connectivity index (χ2v) is 10.7. The van der Waals surface area contributed by atoms with Crippen LogP contribution in [0.15, 0.2) is 58.4 Å². The van der Waals surface area contributed by atoms with Crippen molar-refractivity contribution < 1.29 is 19.4 Å². The number of hydrogen-bond acceptors (Lipinski definition) is 4. The van der Waals surface area contributed by atoms with Gasteiger partial charge in [-0.15, -0.1) is 0 Å². The van der Waals surface area contributed by atoms with Gasteiger partial charge in [-0.1, -0.05) is 56.2 Å². The molecule has 0 saturated carbocycles. The van der Waals surface area contributed by atoms with Crippen LogP contribution in [-0.2, 0) is 14.3 Å².